The second-order valence-corrected chi connectivity index (χ2v) is 7.43. The molecule has 1 aliphatic heterocycles. The van der Waals surface area contributed by atoms with Gasteiger partial charge < -0.3 is 15.4 Å². The average Bonchev–Trinajstić information content (AvgIpc) is 2.90. The van der Waals surface area contributed by atoms with Gasteiger partial charge in [0.2, 0.25) is 0 Å². The summed E-state index contributed by atoms with van der Waals surface area (Å²) in [4.78, 5) is 49.9. The molecule has 1 aliphatic rings. The van der Waals surface area contributed by atoms with Crippen LogP contribution < -0.4 is 10.6 Å². The summed E-state index contributed by atoms with van der Waals surface area (Å²) in [6, 6.07) is 6.73. The lowest BCUT2D eigenvalue weighted by Crippen LogP contribution is -2.44. The molecule has 0 unspecified atom stereocenters. The van der Waals surface area contributed by atoms with Crippen LogP contribution in [0.1, 0.15) is 52.5 Å². The first-order valence-electron chi connectivity index (χ1n) is 9.93. The molecule has 2 rings (SSSR count). The van der Waals surface area contributed by atoms with Gasteiger partial charge in [0, 0.05) is 5.69 Å². The summed E-state index contributed by atoms with van der Waals surface area (Å²) >= 11 is 0. The Morgan fingerprint density at radius 3 is 2.45 bits per heavy atom. The number of carbonyl (C=O) groups excluding carboxylic acids is 4. The van der Waals surface area contributed by atoms with Gasteiger partial charge in [-0.15, -0.1) is 0 Å². The average molecular weight is 403 g/mol. The van der Waals surface area contributed by atoms with E-state index < -0.39 is 42.0 Å². The predicted molar refractivity (Wildman–Crippen MR) is 108 cm³/mol. The van der Waals surface area contributed by atoms with Gasteiger partial charge in [0.05, 0.1) is 0 Å². The van der Waals surface area contributed by atoms with Gasteiger partial charge in [-0.25, -0.2) is 4.79 Å². The minimum Gasteiger partial charge on any atom is -0.451 e. The topological polar surface area (TPSA) is 105 Å². The zero-order valence-corrected chi connectivity index (χ0v) is 17.4. The van der Waals surface area contributed by atoms with E-state index in [1.807, 2.05) is 26.0 Å². The molecule has 158 valence electrons. The summed E-state index contributed by atoms with van der Waals surface area (Å²) in [5.74, 6) is -1.77. The highest BCUT2D eigenvalue weighted by atomic mass is 16.5. The van der Waals surface area contributed by atoms with Crippen molar-refractivity contribution in [1.29, 1.82) is 0 Å². The number of esters is 1. The number of hydrogen-bond donors (Lipinski definition) is 2. The van der Waals surface area contributed by atoms with Crippen LogP contribution in [0.3, 0.4) is 0 Å². The quantitative estimate of drug-likeness (QED) is 0.487. The number of aryl methyl sites for hydroxylation is 1. The predicted octanol–water partition coefficient (Wildman–Crippen LogP) is 2.62. The maximum absolute atomic E-state index is 12.5. The Labute approximate surface area is 171 Å². The van der Waals surface area contributed by atoms with E-state index in [4.69, 9.17) is 4.74 Å². The Hall–Kier alpha value is -2.90. The highest BCUT2D eigenvalue weighted by Gasteiger charge is 2.48. The fourth-order valence-corrected chi connectivity index (χ4v) is 3.08. The van der Waals surface area contributed by atoms with Gasteiger partial charge in [0.25, 0.3) is 11.8 Å². The van der Waals surface area contributed by atoms with Crippen molar-refractivity contribution in [3.8, 4) is 0 Å². The number of anilines is 1. The van der Waals surface area contributed by atoms with Crippen LogP contribution in [0, 0.1) is 0 Å². The van der Waals surface area contributed by atoms with Crippen LogP contribution in [0.2, 0.25) is 0 Å². The molecule has 1 heterocycles. The van der Waals surface area contributed by atoms with Gasteiger partial charge in [0.1, 0.15) is 12.1 Å². The SMILES string of the molecule is CCCC[C@]1(C)NC(=O)N(CC(=O)O[C@H](C)C(=O)Nc2ccc(CC)cc2)C1=O. The molecule has 1 aromatic carbocycles. The maximum Gasteiger partial charge on any atom is 0.327 e. The maximum atomic E-state index is 12.5. The third kappa shape index (κ3) is 5.56. The summed E-state index contributed by atoms with van der Waals surface area (Å²) < 4.78 is 5.11. The van der Waals surface area contributed by atoms with Crippen molar-refractivity contribution >= 4 is 29.5 Å². The van der Waals surface area contributed by atoms with Crippen molar-refractivity contribution < 1.29 is 23.9 Å². The molecule has 0 aromatic heterocycles. The Morgan fingerprint density at radius 2 is 1.86 bits per heavy atom. The number of unbranched alkanes of at least 4 members (excludes halogenated alkanes) is 1. The van der Waals surface area contributed by atoms with Crippen molar-refractivity contribution in [2.75, 3.05) is 11.9 Å². The van der Waals surface area contributed by atoms with Crippen LogP contribution >= 0.6 is 0 Å². The van der Waals surface area contributed by atoms with E-state index >= 15 is 0 Å². The molecule has 1 saturated heterocycles. The zero-order valence-electron chi connectivity index (χ0n) is 17.4. The normalized spacial score (nSPS) is 19.7. The lowest BCUT2D eigenvalue weighted by atomic mass is 9.95. The highest BCUT2D eigenvalue weighted by molar-refractivity contribution is 6.08. The molecular weight excluding hydrogens is 374 g/mol. The number of carbonyl (C=O) groups is 4. The van der Waals surface area contributed by atoms with E-state index in [1.54, 1.807) is 19.1 Å². The first-order valence-corrected chi connectivity index (χ1v) is 9.93. The summed E-state index contributed by atoms with van der Waals surface area (Å²) in [5.41, 5.74) is 0.721. The van der Waals surface area contributed by atoms with E-state index in [2.05, 4.69) is 10.6 Å². The molecule has 0 radical (unpaired) electrons. The van der Waals surface area contributed by atoms with E-state index in [-0.39, 0.29) is 0 Å². The molecule has 2 atom stereocenters. The van der Waals surface area contributed by atoms with Crippen LogP contribution in [0.25, 0.3) is 0 Å². The number of nitrogens with zero attached hydrogens (tertiary/aromatic N) is 1. The number of nitrogens with one attached hydrogen (secondary N) is 2. The monoisotopic (exact) mass is 403 g/mol. The zero-order chi connectivity index (χ0) is 21.6. The lowest BCUT2D eigenvalue weighted by molar-refractivity contribution is -0.155. The number of imide groups is 1. The fourth-order valence-electron chi connectivity index (χ4n) is 3.08. The molecule has 0 bridgehead atoms. The van der Waals surface area contributed by atoms with Gasteiger partial charge >= 0.3 is 12.0 Å². The van der Waals surface area contributed by atoms with E-state index in [0.29, 0.717) is 12.1 Å². The molecule has 8 nitrogen and oxygen atoms in total. The van der Waals surface area contributed by atoms with Crippen LogP contribution in [0.5, 0.6) is 0 Å². The molecule has 29 heavy (non-hydrogen) atoms. The summed E-state index contributed by atoms with van der Waals surface area (Å²) in [7, 11) is 0. The van der Waals surface area contributed by atoms with Crippen molar-refractivity contribution in [2.24, 2.45) is 0 Å². The van der Waals surface area contributed by atoms with Gasteiger partial charge in [-0.1, -0.05) is 38.8 Å². The third-order valence-corrected chi connectivity index (χ3v) is 4.97. The standard InChI is InChI=1S/C21H29N3O5/c1-5-7-12-21(4)19(27)24(20(28)23-21)13-17(25)29-14(3)18(26)22-16-10-8-15(6-2)9-11-16/h8-11,14H,5-7,12-13H2,1-4H3,(H,22,26)(H,23,28)/t14-,21+/m1/s1. The minimum absolute atomic E-state index is 0.457. The van der Waals surface area contributed by atoms with Gasteiger partial charge in [-0.05, 0) is 44.4 Å². The van der Waals surface area contributed by atoms with Gasteiger partial charge in [-0.3, -0.25) is 19.3 Å². The Bertz CT molecular complexity index is 777. The fraction of sp³-hybridized carbons (Fsp3) is 0.524. The molecule has 0 aliphatic carbocycles. The van der Waals surface area contributed by atoms with Crippen molar-refractivity contribution in [1.82, 2.24) is 10.2 Å². The first-order chi connectivity index (χ1) is 13.7. The lowest BCUT2D eigenvalue weighted by Gasteiger charge is -2.21. The van der Waals surface area contributed by atoms with Crippen LogP contribution in [0.4, 0.5) is 10.5 Å². The molecule has 8 heteroatoms. The smallest absolute Gasteiger partial charge is 0.327 e. The molecule has 0 spiro atoms. The van der Waals surface area contributed by atoms with Gasteiger partial charge in [0.15, 0.2) is 6.10 Å². The highest BCUT2D eigenvalue weighted by Crippen LogP contribution is 2.23. The van der Waals surface area contributed by atoms with Crippen molar-refractivity contribution in [3.05, 3.63) is 29.8 Å². The number of hydrogen-bond acceptors (Lipinski definition) is 5. The number of ether oxygens (including phenoxy) is 1. The molecule has 0 saturated carbocycles. The van der Waals surface area contributed by atoms with Crippen LogP contribution in [-0.2, 0) is 25.5 Å². The number of rotatable bonds is 9. The largest absolute Gasteiger partial charge is 0.451 e. The number of benzene rings is 1. The summed E-state index contributed by atoms with van der Waals surface area (Å²) in [6.07, 6.45) is 1.98. The van der Waals surface area contributed by atoms with Gasteiger partial charge in [-0.2, -0.15) is 0 Å². The Kier molecular flexibility index (Phi) is 7.36. The van der Waals surface area contributed by atoms with E-state index in [0.717, 1.165) is 29.7 Å². The Balaban J connectivity index is 1.89. The first kappa shape index (κ1) is 22.4. The van der Waals surface area contributed by atoms with E-state index in [9.17, 15) is 19.2 Å². The molecular formula is C21H29N3O5. The van der Waals surface area contributed by atoms with Crippen molar-refractivity contribution in [3.63, 3.8) is 0 Å². The van der Waals surface area contributed by atoms with Crippen molar-refractivity contribution in [2.45, 2.75) is 65.0 Å². The van der Waals surface area contributed by atoms with Crippen LogP contribution in [0.15, 0.2) is 24.3 Å². The number of amides is 4. The molecule has 4 amide bonds. The second-order valence-electron chi connectivity index (χ2n) is 7.43. The molecule has 1 aromatic rings. The minimum atomic E-state index is -1.07. The van der Waals surface area contributed by atoms with Crippen LogP contribution in [-0.4, -0.2) is 46.9 Å². The summed E-state index contributed by atoms with van der Waals surface area (Å²) in [5, 5.41) is 5.31. The molecule has 1 fully saturated rings. The Morgan fingerprint density at radius 1 is 1.21 bits per heavy atom. The summed E-state index contributed by atoms with van der Waals surface area (Å²) in [6.45, 7) is 6.57. The van der Waals surface area contributed by atoms with E-state index in [1.165, 1.54) is 6.92 Å². The number of urea groups is 1. The second kappa shape index (κ2) is 9.54. The molecule has 2 N–H and O–H groups in total. The third-order valence-electron chi connectivity index (χ3n) is 4.97.